The third-order valence-electron chi connectivity index (χ3n) is 1.34. The predicted octanol–water partition coefficient (Wildman–Crippen LogP) is 2.03. The largest absolute Gasteiger partial charge is 0.385 e. The molecule has 8 heavy (non-hydrogen) atoms. The summed E-state index contributed by atoms with van der Waals surface area (Å²) in [6.07, 6.45) is 2.30. The Morgan fingerprint density at radius 3 is 2.50 bits per heavy atom. The van der Waals surface area contributed by atoms with Crippen molar-refractivity contribution in [3.8, 4) is 0 Å². The molecule has 0 rings (SSSR count). The van der Waals surface area contributed by atoms with Crippen molar-refractivity contribution in [3.63, 3.8) is 0 Å². The van der Waals surface area contributed by atoms with Crippen LogP contribution >= 0.6 is 0 Å². The Balaban J connectivity index is 2.86. The van der Waals surface area contributed by atoms with Crippen molar-refractivity contribution in [2.24, 2.45) is 0 Å². The third kappa shape index (κ3) is 4.13. The van der Waals surface area contributed by atoms with Crippen LogP contribution in [0.3, 0.4) is 0 Å². The first-order valence-electron chi connectivity index (χ1n) is 3.11. The summed E-state index contributed by atoms with van der Waals surface area (Å²) >= 11 is 0. The second-order valence-electron chi connectivity index (χ2n) is 2.05. The van der Waals surface area contributed by atoms with Crippen LogP contribution in [0.4, 0.5) is 0 Å². The van der Waals surface area contributed by atoms with Gasteiger partial charge in [0.1, 0.15) is 0 Å². The summed E-state index contributed by atoms with van der Waals surface area (Å²) in [5, 5.41) is 0. The second-order valence-corrected chi connectivity index (χ2v) is 2.05. The molecule has 0 fully saturated rings. The van der Waals surface area contributed by atoms with Gasteiger partial charge in [-0.3, -0.25) is 0 Å². The molecule has 0 aliphatic heterocycles. The Morgan fingerprint density at radius 1 is 1.50 bits per heavy atom. The highest BCUT2D eigenvalue weighted by atomic mass is 16.5. The van der Waals surface area contributed by atoms with Crippen molar-refractivity contribution < 1.29 is 4.74 Å². The third-order valence-corrected chi connectivity index (χ3v) is 1.34. The van der Waals surface area contributed by atoms with Crippen LogP contribution in [0.1, 0.15) is 26.7 Å². The number of hydrogen-bond donors (Lipinski definition) is 0. The van der Waals surface area contributed by atoms with Crippen LogP contribution in [0, 0.1) is 5.92 Å². The average Bonchev–Trinajstić information content (AvgIpc) is 1.83. The van der Waals surface area contributed by atoms with E-state index in [1.54, 1.807) is 7.11 Å². The molecule has 0 aliphatic rings. The Hall–Kier alpha value is -0.0400. The Bertz CT molecular complexity index is 43.7. The van der Waals surface area contributed by atoms with Crippen LogP contribution in [0.2, 0.25) is 0 Å². The minimum atomic E-state index is 0.875. The Kier molecular flexibility index (Phi) is 5.08. The lowest BCUT2D eigenvalue weighted by atomic mass is 10.1. The molecule has 1 heteroatoms. The zero-order valence-electron chi connectivity index (χ0n) is 6.03. The Morgan fingerprint density at radius 2 is 2.12 bits per heavy atom. The van der Waals surface area contributed by atoms with Gasteiger partial charge >= 0.3 is 0 Å². The molecule has 49 valence electrons. The number of methoxy groups -OCH3 is 1. The summed E-state index contributed by atoms with van der Waals surface area (Å²) in [6.45, 7) is 5.21. The number of ether oxygens (including phenoxy) is 1. The van der Waals surface area contributed by atoms with Gasteiger partial charge in [0, 0.05) is 13.7 Å². The average molecular weight is 115 g/mol. The highest BCUT2D eigenvalue weighted by Crippen LogP contribution is 2.07. The maximum Gasteiger partial charge on any atom is 0.0467 e. The van der Waals surface area contributed by atoms with Crippen molar-refractivity contribution in [1.82, 2.24) is 0 Å². The zero-order chi connectivity index (χ0) is 6.41. The first kappa shape index (κ1) is 7.96. The van der Waals surface area contributed by atoms with E-state index < -0.39 is 0 Å². The van der Waals surface area contributed by atoms with Gasteiger partial charge in [-0.1, -0.05) is 20.3 Å². The number of hydrogen-bond acceptors (Lipinski definition) is 1. The van der Waals surface area contributed by atoms with Gasteiger partial charge in [0.25, 0.3) is 0 Å². The maximum absolute atomic E-state index is 4.89. The molecule has 1 nitrogen and oxygen atoms in total. The van der Waals surface area contributed by atoms with Crippen molar-refractivity contribution in [2.75, 3.05) is 13.7 Å². The van der Waals surface area contributed by atoms with Gasteiger partial charge in [-0.2, -0.15) is 0 Å². The van der Waals surface area contributed by atoms with Crippen LogP contribution < -0.4 is 0 Å². The van der Waals surface area contributed by atoms with E-state index in [2.05, 4.69) is 13.8 Å². The molecule has 0 aromatic carbocycles. The molecule has 0 amide bonds. The highest BCUT2D eigenvalue weighted by Gasteiger charge is 1.95. The van der Waals surface area contributed by atoms with Gasteiger partial charge in [0.15, 0.2) is 0 Å². The molecule has 1 radical (unpaired) electrons. The fraction of sp³-hybridized carbons (Fsp3) is 0.857. The van der Waals surface area contributed by atoms with Crippen LogP contribution in [0.5, 0.6) is 0 Å². The molecule has 0 aromatic rings. The lowest BCUT2D eigenvalue weighted by Crippen LogP contribution is -1.95. The lowest BCUT2D eigenvalue weighted by Gasteiger charge is -2.04. The second kappa shape index (κ2) is 5.10. The van der Waals surface area contributed by atoms with E-state index in [4.69, 9.17) is 4.74 Å². The summed E-state index contributed by atoms with van der Waals surface area (Å²) in [4.78, 5) is 0. The molecule has 0 atom stereocenters. The van der Waals surface area contributed by atoms with Crippen molar-refractivity contribution in [2.45, 2.75) is 26.7 Å². The van der Waals surface area contributed by atoms with Crippen molar-refractivity contribution >= 4 is 0 Å². The van der Waals surface area contributed by atoms with E-state index in [9.17, 15) is 0 Å². The van der Waals surface area contributed by atoms with E-state index in [-0.39, 0.29) is 0 Å². The summed E-state index contributed by atoms with van der Waals surface area (Å²) in [5.41, 5.74) is 0. The summed E-state index contributed by atoms with van der Waals surface area (Å²) in [7, 11) is 1.74. The van der Waals surface area contributed by atoms with Gasteiger partial charge < -0.3 is 4.74 Å². The van der Waals surface area contributed by atoms with Crippen LogP contribution in [-0.4, -0.2) is 13.7 Å². The summed E-state index contributed by atoms with van der Waals surface area (Å²) < 4.78 is 4.89. The van der Waals surface area contributed by atoms with Gasteiger partial charge in [-0.05, 0) is 12.3 Å². The van der Waals surface area contributed by atoms with Gasteiger partial charge in [-0.25, -0.2) is 0 Å². The van der Waals surface area contributed by atoms with Crippen molar-refractivity contribution in [1.29, 1.82) is 0 Å². The Labute approximate surface area is 52.0 Å². The molecule has 0 saturated carbocycles. The molecule has 0 aromatic heterocycles. The molecule has 0 heterocycles. The minimum absolute atomic E-state index is 0.875. The molecule has 0 unspecified atom stereocenters. The maximum atomic E-state index is 4.89. The van der Waals surface area contributed by atoms with E-state index in [1.807, 2.05) is 0 Å². The normalized spacial score (nSPS) is 10.5. The first-order valence-corrected chi connectivity index (χ1v) is 3.11. The van der Waals surface area contributed by atoms with Gasteiger partial charge in [0.05, 0.1) is 0 Å². The molecule has 0 N–H and O–H groups in total. The number of rotatable bonds is 4. The molecule has 0 spiro atoms. The SMILES string of the molecule is CC[C](C)CCOC. The zero-order valence-corrected chi connectivity index (χ0v) is 6.03. The quantitative estimate of drug-likeness (QED) is 0.544. The predicted molar refractivity (Wildman–Crippen MR) is 35.7 cm³/mol. The van der Waals surface area contributed by atoms with Crippen LogP contribution in [0.15, 0.2) is 0 Å². The minimum Gasteiger partial charge on any atom is -0.385 e. The van der Waals surface area contributed by atoms with E-state index in [1.165, 1.54) is 12.3 Å². The monoisotopic (exact) mass is 115 g/mol. The standard InChI is InChI=1S/C7H15O/c1-4-7(2)5-6-8-3/h4-6H2,1-3H3. The lowest BCUT2D eigenvalue weighted by molar-refractivity contribution is 0.197. The van der Waals surface area contributed by atoms with Crippen molar-refractivity contribution in [3.05, 3.63) is 5.92 Å². The topological polar surface area (TPSA) is 9.23 Å². The van der Waals surface area contributed by atoms with E-state index in [0.29, 0.717) is 0 Å². The van der Waals surface area contributed by atoms with Crippen LogP contribution in [-0.2, 0) is 4.74 Å². The van der Waals surface area contributed by atoms with Gasteiger partial charge in [0.2, 0.25) is 0 Å². The highest BCUT2D eigenvalue weighted by molar-refractivity contribution is 4.80. The van der Waals surface area contributed by atoms with E-state index in [0.717, 1.165) is 13.0 Å². The smallest absolute Gasteiger partial charge is 0.0467 e. The summed E-state index contributed by atoms with van der Waals surface area (Å²) in [6, 6.07) is 0. The fourth-order valence-electron chi connectivity index (χ4n) is 0.453. The molecule has 0 saturated heterocycles. The molecular weight excluding hydrogens is 100 g/mol. The molecule has 0 aliphatic carbocycles. The van der Waals surface area contributed by atoms with Gasteiger partial charge in [-0.15, -0.1) is 0 Å². The van der Waals surface area contributed by atoms with Crippen LogP contribution in [0.25, 0.3) is 0 Å². The first-order chi connectivity index (χ1) is 3.81. The molecular formula is C7H15O. The van der Waals surface area contributed by atoms with E-state index >= 15 is 0 Å². The molecule has 0 bridgehead atoms. The summed E-state index contributed by atoms with van der Waals surface area (Å²) in [5.74, 6) is 1.52. The fourth-order valence-corrected chi connectivity index (χ4v) is 0.453.